The number of benzene rings is 1. The van der Waals surface area contributed by atoms with Gasteiger partial charge in [0.15, 0.2) is 5.13 Å². The molecule has 1 aliphatic carbocycles. The van der Waals surface area contributed by atoms with Gasteiger partial charge in [0.05, 0.1) is 10.2 Å². The molecule has 0 unspecified atom stereocenters. The van der Waals surface area contributed by atoms with Crippen LogP contribution in [0.4, 0.5) is 9.93 Å². The number of rotatable bonds is 4. The van der Waals surface area contributed by atoms with Crippen LogP contribution in [-0.4, -0.2) is 46.4 Å². The van der Waals surface area contributed by atoms with E-state index in [4.69, 9.17) is 0 Å². The number of para-hydroxylation sites is 1. The average Bonchev–Trinajstić information content (AvgIpc) is 3.20. The summed E-state index contributed by atoms with van der Waals surface area (Å²) in [5.74, 6) is -0.00925. The number of nitrogens with zero attached hydrogens (tertiary/aromatic N) is 3. The highest BCUT2D eigenvalue weighted by molar-refractivity contribution is 7.22. The van der Waals surface area contributed by atoms with Crippen molar-refractivity contribution in [2.24, 2.45) is 5.92 Å². The molecular formula is C20H24N4O3S. The van der Waals surface area contributed by atoms with Crippen LogP contribution in [-0.2, 0) is 9.59 Å². The second-order valence-electron chi connectivity index (χ2n) is 7.69. The van der Waals surface area contributed by atoms with E-state index in [1.54, 1.807) is 4.90 Å². The second-order valence-corrected chi connectivity index (χ2v) is 8.70. The molecule has 1 saturated carbocycles. The Hall–Kier alpha value is -2.48. The number of nitrogens with one attached hydrogen (secondary N) is 1. The molecule has 2 aromatic rings. The summed E-state index contributed by atoms with van der Waals surface area (Å²) in [6, 6.07) is 7.23. The number of hydrogen-bond donors (Lipinski definition) is 1. The molecule has 4 amide bonds. The first kappa shape index (κ1) is 18.9. The van der Waals surface area contributed by atoms with Crippen LogP contribution < -0.4 is 10.2 Å². The zero-order valence-corrected chi connectivity index (χ0v) is 16.9. The Kier molecular flexibility index (Phi) is 4.82. The zero-order valence-electron chi connectivity index (χ0n) is 16.1. The quantitative estimate of drug-likeness (QED) is 0.799. The van der Waals surface area contributed by atoms with E-state index in [9.17, 15) is 14.4 Å². The molecule has 1 N–H and O–H groups in total. The van der Waals surface area contributed by atoms with Gasteiger partial charge < -0.3 is 5.32 Å². The number of hydrogen-bond acceptors (Lipinski definition) is 5. The van der Waals surface area contributed by atoms with Crippen LogP contribution in [0.5, 0.6) is 0 Å². The Labute approximate surface area is 167 Å². The topological polar surface area (TPSA) is 82.6 Å². The Morgan fingerprint density at radius 1 is 1.32 bits per heavy atom. The number of amides is 4. The van der Waals surface area contributed by atoms with Gasteiger partial charge >= 0.3 is 6.03 Å². The predicted molar refractivity (Wildman–Crippen MR) is 108 cm³/mol. The van der Waals surface area contributed by atoms with E-state index in [-0.39, 0.29) is 18.4 Å². The van der Waals surface area contributed by atoms with Crippen molar-refractivity contribution in [2.75, 3.05) is 18.0 Å². The van der Waals surface area contributed by atoms with Crippen LogP contribution >= 0.6 is 11.3 Å². The molecule has 8 heteroatoms. The number of imide groups is 1. The zero-order chi connectivity index (χ0) is 19.9. The van der Waals surface area contributed by atoms with Gasteiger partial charge in [-0.1, -0.05) is 30.4 Å². The van der Waals surface area contributed by atoms with E-state index in [1.165, 1.54) is 11.3 Å². The van der Waals surface area contributed by atoms with Gasteiger partial charge in [-0.15, -0.1) is 0 Å². The van der Waals surface area contributed by atoms with Gasteiger partial charge in [0, 0.05) is 6.54 Å². The maximum absolute atomic E-state index is 13.0. The first-order valence-electron chi connectivity index (χ1n) is 9.73. The first-order chi connectivity index (χ1) is 13.4. The lowest BCUT2D eigenvalue weighted by molar-refractivity contribution is -0.135. The molecule has 2 fully saturated rings. The third kappa shape index (κ3) is 3.15. The molecule has 1 aromatic heterocycles. The molecule has 7 nitrogen and oxygen atoms in total. The number of carbonyl (C=O) groups excluding carboxylic acids is 3. The van der Waals surface area contributed by atoms with Crippen molar-refractivity contribution in [2.45, 2.75) is 45.1 Å². The Balaban J connectivity index is 1.51. The summed E-state index contributed by atoms with van der Waals surface area (Å²) in [7, 11) is 0. The molecule has 148 valence electrons. The van der Waals surface area contributed by atoms with Gasteiger partial charge in [0.2, 0.25) is 5.91 Å². The van der Waals surface area contributed by atoms with Crippen LogP contribution in [0.1, 0.15) is 39.5 Å². The average molecular weight is 401 g/mol. The molecule has 1 saturated heterocycles. The van der Waals surface area contributed by atoms with E-state index in [0.29, 0.717) is 30.4 Å². The van der Waals surface area contributed by atoms with Crippen LogP contribution in [0.3, 0.4) is 0 Å². The van der Waals surface area contributed by atoms with E-state index >= 15 is 0 Å². The maximum atomic E-state index is 13.0. The fraction of sp³-hybridized carbons (Fsp3) is 0.500. The first-order valence-corrected chi connectivity index (χ1v) is 10.6. The van der Waals surface area contributed by atoms with Crippen molar-refractivity contribution in [1.29, 1.82) is 0 Å². The monoisotopic (exact) mass is 400 g/mol. The molecule has 1 spiro atoms. The highest BCUT2D eigenvalue weighted by Gasteiger charge is 2.52. The molecule has 0 radical (unpaired) electrons. The van der Waals surface area contributed by atoms with Gasteiger partial charge in [-0.2, -0.15) is 0 Å². The summed E-state index contributed by atoms with van der Waals surface area (Å²) in [4.78, 5) is 45.5. The van der Waals surface area contributed by atoms with Crippen LogP contribution in [0.2, 0.25) is 0 Å². The molecule has 2 heterocycles. The van der Waals surface area contributed by atoms with Gasteiger partial charge in [-0.05, 0) is 50.7 Å². The smallest absolute Gasteiger partial charge is 0.323 e. The number of anilines is 1. The molecule has 0 atom stereocenters. The second kappa shape index (κ2) is 7.16. The Morgan fingerprint density at radius 3 is 2.71 bits per heavy atom. The number of likely N-dealkylation sites (N-methyl/N-ethyl adjacent to an activating group) is 1. The summed E-state index contributed by atoms with van der Waals surface area (Å²) in [6.45, 7) is 4.18. The molecule has 2 aliphatic rings. The third-order valence-electron chi connectivity index (χ3n) is 5.80. The number of fused-ring (bicyclic) bond motifs is 1. The minimum atomic E-state index is -0.823. The fourth-order valence-corrected chi connectivity index (χ4v) is 5.07. The molecule has 4 rings (SSSR count). The number of aromatic nitrogens is 1. The van der Waals surface area contributed by atoms with Crippen molar-refractivity contribution in [1.82, 2.24) is 15.2 Å². The van der Waals surface area contributed by atoms with Gasteiger partial charge in [-0.3, -0.25) is 19.4 Å². The fourth-order valence-electron chi connectivity index (χ4n) is 4.03. The highest BCUT2D eigenvalue weighted by atomic mass is 32.1. The molecule has 0 bridgehead atoms. The van der Waals surface area contributed by atoms with Crippen LogP contribution in [0.15, 0.2) is 24.3 Å². The van der Waals surface area contributed by atoms with Gasteiger partial charge in [0.25, 0.3) is 5.91 Å². The molecule has 28 heavy (non-hydrogen) atoms. The number of thiazole rings is 1. The Bertz CT molecular complexity index is 899. The highest BCUT2D eigenvalue weighted by Crippen LogP contribution is 2.36. The minimum Gasteiger partial charge on any atom is -0.323 e. The molecule has 1 aliphatic heterocycles. The van der Waals surface area contributed by atoms with Crippen LogP contribution in [0, 0.1) is 5.92 Å². The van der Waals surface area contributed by atoms with E-state index < -0.39 is 11.6 Å². The van der Waals surface area contributed by atoms with Crippen molar-refractivity contribution in [3.8, 4) is 0 Å². The van der Waals surface area contributed by atoms with Crippen LogP contribution in [0.25, 0.3) is 10.2 Å². The standard InChI is InChI=1S/C20H24N4O3S/c1-3-23(19-21-14-6-4-5-7-15(14)28-19)16(25)12-24-17(26)20(22-18(24)27)10-8-13(2)9-11-20/h4-7,13H,3,8-12H2,1-2H3,(H,22,27). The SMILES string of the molecule is CCN(C(=O)CN1C(=O)NC2(CCC(C)CC2)C1=O)c1nc2ccccc2s1. The van der Waals surface area contributed by atoms with Crippen molar-refractivity contribution < 1.29 is 14.4 Å². The normalized spacial score (nSPS) is 24.8. The molecular weight excluding hydrogens is 376 g/mol. The summed E-state index contributed by atoms with van der Waals surface area (Å²) in [5.41, 5.74) is 0.00979. The predicted octanol–water partition coefficient (Wildman–Crippen LogP) is 3.15. The molecule has 1 aromatic carbocycles. The third-order valence-corrected chi connectivity index (χ3v) is 6.86. The van der Waals surface area contributed by atoms with E-state index in [1.807, 2.05) is 31.2 Å². The van der Waals surface area contributed by atoms with Gasteiger partial charge in [-0.25, -0.2) is 9.78 Å². The summed E-state index contributed by atoms with van der Waals surface area (Å²) in [6.07, 6.45) is 3.08. The summed E-state index contributed by atoms with van der Waals surface area (Å²) in [5, 5.41) is 3.45. The number of carbonyl (C=O) groups is 3. The Morgan fingerprint density at radius 2 is 2.04 bits per heavy atom. The largest absolute Gasteiger partial charge is 0.325 e. The summed E-state index contributed by atoms with van der Waals surface area (Å²) >= 11 is 1.43. The van der Waals surface area contributed by atoms with Crippen molar-refractivity contribution in [3.05, 3.63) is 24.3 Å². The lowest BCUT2D eigenvalue weighted by Crippen LogP contribution is -2.50. The van der Waals surface area contributed by atoms with E-state index in [2.05, 4.69) is 17.2 Å². The maximum Gasteiger partial charge on any atom is 0.325 e. The van der Waals surface area contributed by atoms with Crippen molar-refractivity contribution >= 4 is 44.5 Å². The van der Waals surface area contributed by atoms with Gasteiger partial charge in [0.1, 0.15) is 12.1 Å². The lowest BCUT2D eigenvalue weighted by Gasteiger charge is -2.33. The number of urea groups is 1. The summed E-state index contributed by atoms with van der Waals surface area (Å²) < 4.78 is 0.994. The lowest BCUT2D eigenvalue weighted by atomic mass is 9.77. The minimum absolute atomic E-state index is 0.258. The van der Waals surface area contributed by atoms with Crippen molar-refractivity contribution in [3.63, 3.8) is 0 Å². The van der Waals surface area contributed by atoms with E-state index in [0.717, 1.165) is 28.0 Å².